The standard InChI is InChI=1S/C50H35N3S/c1-4-13-35(14-5-1)36-23-26-41(27-24-36)52(42-29-31-51-32-30-42)43-20-12-17-38(33-43)39-25-28-47-46(34-39)53(40-18-8-3-9-19-40)49-48(37-15-6-2-7-16-37)44-21-10-11-22-45(44)50(49)54-47/h1-34,48H/t48-/m1/s1. The number of nitrogens with zero attached hydrogens (tertiary/aromatic N) is 3. The van der Waals surface area contributed by atoms with Crippen LogP contribution in [0.4, 0.5) is 28.4 Å². The molecule has 54 heavy (non-hydrogen) atoms. The van der Waals surface area contributed by atoms with E-state index >= 15 is 0 Å². The Kier molecular flexibility index (Phi) is 8.16. The lowest BCUT2D eigenvalue weighted by Crippen LogP contribution is -2.23. The van der Waals surface area contributed by atoms with Gasteiger partial charge < -0.3 is 9.80 Å². The van der Waals surface area contributed by atoms with Crippen molar-refractivity contribution in [3.05, 3.63) is 229 Å². The quantitative estimate of drug-likeness (QED) is 0.164. The van der Waals surface area contributed by atoms with Crippen LogP contribution >= 0.6 is 11.8 Å². The molecule has 0 radical (unpaired) electrons. The molecule has 2 heterocycles. The molecule has 0 saturated carbocycles. The first-order chi connectivity index (χ1) is 26.8. The summed E-state index contributed by atoms with van der Waals surface area (Å²) >= 11 is 1.90. The number of aromatic nitrogens is 1. The maximum Gasteiger partial charge on any atom is 0.0604 e. The fourth-order valence-electron chi connectivity index (χ4n) is 7.94. The number of hydrogen-bond acceptors (Lipinski definition) is 4. The Bertz CT molecular complexity index is 2620. The molecule has 7 aromatic carbocycles. The third-order valence-corrected chi connectivity index (χ3v) is 11.6. The number of hydrogen-bond donors (Lipinski definition) is 0. The van der Waals surface area contributed by atoms with Crippen LogP contribution in [0.1, 0.15) is 22.6 Å². The lowest BCUT2D eigenvalue weighted by Gasteiger charge is -2.36. The SMILES string of the molecule is c1ccc(-c2ccc(N(c3ccncc3)c3cccc(-c4ccc5c(c4)N(c4ccccc4)C4=C(S5)c5ccccc5[C@H]4c4ccccc4)c3)cc2)cc1. The first-order valence-electron chi connectivity index (χ1n) is 18.3. The summed E-state index contributed by atoms with van der Waals surface area (Å²) in [6.07, 6.45) is 3.72. The Labute approximate surface area is 320 Å². The van der Waals surface area contributed by atoms with Gasteiger partial charge in [-0.05, 0) is 99.6 Å². The zero-order valence-electron chi connectivity index (χ0n) is 29.5. The van der Waals surface area contributed by atoms with Crippen LogP contribution in [-0.4, -0.2) is 4.98 Å². The van der Waals surface area contributed by atoms with Gasteiger partial charge in [-0.25, -0.2) is 0 Å². The van der Waals surface area contributed by atoms with Crippen LogP contribution in [0, 0.1) is 0 Å². The number of benzene rings is 7. The summed E-state index contributed by atoms with van der Waals surface area (Å²) in [7, 11) is 0. The van der Waals surface area contributed by atoms with E-state index in [9.17, 15) is 0 Å². The first-order valence-corrected chi connectivity index (χ1v) is 19.1. The van der Waals surface area contributed by atoms with Gasteiger partial charge in [-0.3, -0.25) is 4.98 Å². The number of anilines is 5. The van der Waals surface area contributed by atoms with E-state index < -0.39 is 0 Å². The minimum Gasteiger partial charge on any atom is -0.311 e. The molecule has 0 bridgehead atoms. The molecule has 10 rings (SSSR count). The number of thioether (sulfide) groups is 1. The third-order valence-electron chi connectivity index (χ3n) is 10.4. The van der Waals surface area contributed by atoms with Crippen LogP contribution in [0.5, 0.6) is 0 Å². The van der Waals surface area contributed by atoms with E-state index in [0.29, 0.717) is 0 Å². The molecule has 0 unspecified atom stereocenters. The van der Waals surface area contributed by atoms with Crippen LogP contribution < -0.4 is 9.80 Å². The van der Waals surface area contributed by atoms with Gasteiger partial charge in [0.2, 0.25) is 0 Å². The molecule has 0 amide bonds. The van der Waals surface area contributed by atoms with Gasteiger partial charge in [-0.2, -0.15) is 0 Å². The maximum absolute atomic E-state index is 4.33. The van der Waals surface area contributed by atoms with Crippen LogP contribution in [0.2, 0.25) is 0 Å². The van der Waals surface area contributed by atoms with Crippen LogP contribution in [0.3, 0.4) is 0 Å². The Balaban J connectivity index is 1.08. The van der Waals surface area contributed by atoms with E-state index in [1.165, 1.54) is 54.6 Å². The van der Waals surface area contributed by atoms with Crippen molar-refractivity contribution in [3.8, 4) is 22.3 Å². The molecule has 0 saturated heterocycles. The smallest absolute Gasteiger partial charge is 0.0604 e. The molecule has 0 N–H and O–H groups in total. The molecule has 3 nitrogen and oxygen atoms in total. The molecule has 0 fully saturated rings. The van der Waals surface area contributed by atoms with Gasteiger partial charge in [0.15, 0.2) is 0 Å². The zero-order valence-corrected chi connectivity index (χ0v) is 30.3. The Morgan fingerprint density at radius 2 is 1.09 bits per heavy atom. The van der Waals surface area contributed by atoms with E-state index in [4.69, 9.17) is 0 Å². The lowest BCUT2D eigenvalue weighted by atomic mass is 9.90. The predicted octanol–water partition coefficient (Wildman–Crippen LogP) is 13.6. The van der Waals surface area contributed by atoms with Gasteiger partial charge in [0.25, 0.3) is 0 Å². The third kappa shape index (κ3) is 5.69. The summed E-state index contributed by atoms with van der Waals surface area (Å²) in [5, 5.41) is 0. The molecule has 1 aromatic heterocycles. The maximum atomic E-state index is 4.33. The molecule has 0 spiro atoms. The average Bonchev–Trinajstić information content (AvgIpc) is 3.58. The molecular weight excluding hydrogens is 675 g/mol. The van der Waals surface area contributed by atoms with E-state index in [-0.39, 0.29) is 5.92 Å². The molecular formula is C50H35N3S. The van der Waals surface area contributed by atoms with Crippen molar-refractivity contribution in [1.82, 2.24) is 4.98 Å². The van der Waals surface area contributed by atoms with Gasteiger partial charge in [0.1, 0.15) is 0 Å². The summed E-state index contributed by atoms with van der Waals surface area (Å²) in [5.74, 6) is 0.118. The second kappa shape index (κ2) is 13.7. The molecule has 8 aromatic rings. The van der Waals surface area contributed by atoms with Gasteiger partial charge in [-0.1, -0.05) is 145 Å². The average molecular weight is 710 g/mol. The van der Waals surface area contributed by atoms with Crippen LogP contribution in [0.25, 0.3) is 27.2 Å². The van der Waals surface area contributed by atoms with Gasteiger partial charge in [0, 0.05) is 50.6 Å². The van der Waals surface area contributed by atoms with E-state index in [1.54, 1.807) is 0 Å². The van der Waals surface area contributed by atoms with E-state index in [0.717, 1.165) is 28.3 Å². The fourth-order valence-corrected chi connectivity index (χ4v) is 9.16. The van der Waals surface area contributed by atoms with Crippen molar-refractivity contribution in [2.75, 3.05) is 9.80 Å². The Morgan fingerprint density at radius 1 is 0.481 bits per heavy atom. The molecule has 256 valence electrons. The second-order valence-electron chi connectivity index (χ2n) is 13.6. The fraction of sp³-hybridized carbons (Fsp3) is 0.0200. The van der Waals surface area contributed by atoms with Crippen molar-refractivity contribution < 1.29 is 0 Å². The highest BCUT2D eigenvalue weighted by Gasteiger charge is 2.40. The summed E-state index contributed by atoms with van der Waals surface area (Å²) in [6, 6.07) is 70.1. The summed E-state index contributed by atoms with van der Waals surface area (Å²) < 4.78 is 0. The normalized spacial score (nSPS) is 14.3. The zero-order chi connectivity index (χ0) is 35.8. The molecule has 4 heteroatoms. The van der Waals surface area contributed by atoms with Crippen LogP contribution in [-0.2, 0) is 0 Å². The second-order valence-corrected chi connectivity index (χ2v) is 14.7. The highest BCUT2D eigenvalue weighted by Crippen LogP contribution is 2.60. The number of para-hydroxylation sites is 1. The minimum absolute atomic E-state index is 0.118. The van der Waals surface area contributed by atoms with Gasteiger partial charge in [-0.15, -0.1) is 0 Å². The predicted molar refractivity (Wildman–Crippen MR) is 226 cm³/mol. The highest BCUT2D eigenvalue weighted by atomic mass is 32.2. The summed E-state index contributed by atoms with van der Waals surface area (Å²) in [4.78, 5) is 11.7. The number of allylic oxidation sites excluding steroid dienone is 1. The number of fused-ring (bicyclic) bond motifs is 3. The van der Waals surface area contributed by atoms with Crippen molar-refractivity contribution in [3.63, 3.8) is 0 Å². The van der Waals surface area contributed by atoms with Crippen molar-refractivity contribution in [1.29, 1.82) is 0 Å². The van der Waals surface area contributed by atoms with Crippen molar-refractivity contribution in [2.24, 2.45) is 0 Å². The number of rotatable bonds is 7. The van der Waals surface area contributed by atoms with Crippen LogP contribution in [0.15, 0.2) is 217 Å². The molecule has 1 aliphatic heterocycles. The summed E-state index contributed by atoms with van der Waals surface area (Å²) in [5.41, 5.74) is 15.6. The first kappa shape index (κ1) is 32.1. The topological polar surface area (TPSA) is 19.4 Å². The van der Waals surface area contributed by atoms with Gasteiger partial charge in [0.05, 0.1) is 11.6 Å². The van der Waals surface area contributed by atoms with E-state index in [1.807, 2.05) is 24.2 Å². The number of pyridine rings is 1. The van der Waals surface area contributed by atoms with Crippen molar-refractivity contribution >= 4 is 45.1 Å². The van der Waals surface area contributed by atoms with E-state index in [2.05, 4.69) is 209 Å². The molecule has 2 aliphatic rings. The minimum atomic E-state index is 0.118. The largest absolute Gasteiger partial charge is 0.311 e. The molecule has 1 atom stereocenters. The van der Waals surface area contributed by atoms with Crippen molar-refractivity contribution in [2.45, 2.75) is 10.8 Å². The highest BCUT2D eigenvalue weighted by molar-refractivity contribution is 8.08. The Hall–Kier alpha value is -6.62. The lowest BCUT2D eigenvalue weighted by molar-refractivity contribution is 0.924. The Morgan fingerprint density at radius 3 is 1.87 bits per heavy atom. The monoisotopic (exact) mass is 709 g/mol. The summed E-state index contributed by atoms with van der Waals surface area (Å²) in [6.45, 7) is 0. The van der Waals surface area contributed by atoms with Gasteiger partial charge >= 0.3 is 0 Å². The molecule has 1 aliphatic carbocycles.